The predicted molar refractivity (Wildman–Crippen MR) is 62.6 cm³/mol. The highest BCUT2D eigenvalue weighted by Gasteiger charge is 2.05. The second kappa shape index (κ2) is 10.4. The molecule has 6 heteroatoms. The molecule has 94 valence electrons. The van der Waals surface area contributed by atoms with Crippen LogP contribution in [0.3, 0.4) is 0 Å². The lowest BCUT2D eigenvalue weighted by Gasteiger charge is -2.04. The molecule has 0 saturated heterocycles. The largest absolute Gasteiger partial charge is 0.361 e. The van der Waals surface area contributed by atoms with Crippen LogP contribution < -0.4 is 22.1 Å². The van der Waals surface area contributed by atoms with Gasteiger partial charge in [0.25, 0.3) is 0 Å². The molecule has 0 radical (unpaired) electrons. The summed E-state index contributed by atoms with van der Waals surface area (Å²) in [6, 6.07) is 0. The number of hydrogen-bond donors (Lipinski definition) is 4. The van der Waals surface area contributed by atoms with Crippen molar-refractivity contribution in [3.63, 3.8) is 0 Å². The number of hydrogen-bond acceptors (Lipinski definition) is 4. The van der Waals surface area contributed by atoms with E-state index in [0.29, 0.717) is 13.1 Å². The standard InChI is InChI=1S/C10H22N4O2/c11-5-4-7-13-6-2-1-3-8-14-10(16)9(12)15/h13H,1-8,11H2,(H2,12,15)(H,14,16). The van der Waals surface area contributed by atoms with E-state index < -0.39 is 11.8 Å². The minimum atomic E-state index is -0.927. The fourth-order valence-corrected chi connectivity index (χ4v) is 1.19. The van der Waals surface area contributed by atoms with Crippen molar-refractivity contribution >= 4 is 11.8 Å². The average Bonchev–Trinajstić information content (AvgIpc) is 2.26. The number of nitrogens with one attached hydrogen (secondary N) is 2. The molecule has 16 heavy (non-hydrogen) atoms. The van der Waals surface area contributed by atoms with Crippen molar-refractivity contribution in [1.82, 2.24) is 10.6 Å². The molecule has 0 aromatic carbocycles. The zero-order chi connectivity index (χ0) is 12.2. The molecule has 0 rings (SSSR count). The summed E-state index contributed by atoms with van der Waals surface area (Å²) in [5, 5.41) is 5.71. The number of unbranched alkanes of at least 4 members (excludes halogenated alkanes) is 2. The smallest absolute Gasteiger partial charge is 0.309 e. The van der Waals surface area contributed by atoms with Crippen molar-refractivity contribution in [2.24, 2.45) is 11.5 Å². The van der Waals surface area contributed by atoms with E-state index in [0.717, 1.165) is 38.8 Å². The van der Waals surface area contributed by atoms with E-state index in [-0.39, 0.29) is 0 Å². The molecule has 6 nitrogen and oxygen atoms in total. The lowest BCUT2D eigenvalue weighted by molar-refractivity contribution is -0.137. The van der Waals surface area contributed by atoms with E-state index in [2.05, 4.69) is 10.6 Å². The molecule has 0 saturated carbocycles. The Hall–Kier alpha value is -1.14. The van der Waals surface area contributed by atoms with Crippen molar-refractivity contribution in [1.29, 1.82) is 0 Å². The summed E-state index contributed by atoms with van der Waals surface area (Å²) >= 11 is 0. The summed E-state index contributed by atoms with van der Waals surface area (Å²) < 4.78 is 0. The second-order valence-corrected chi connectivity index (χ2v) is 3.57. The first kappa shape index (κ1) is 14.9. The van der Waals surface area contributed by atoms with Crippen molar-refractivity contribution in [2.45, 2.75) is 25.7 Å². The fraction of sp³-hybridized carbons (Fsp3) is 0.800. The summed E-state index contributed by atoms with van der Waals surface area (Å²) in [4.78, 5) is 21.1. The highest BCUT2D eigenvalue weighted by Crippen LogP contribution is 1.92. The topological polar surface area (TPSA) is 110 Å². The Bertz CT molecular complexity index is 209. The van der Waals surface area contributed by atoms with Crippen LogP contribution in [0.2, 0.25) is 0 Å². The van der Waals surface area contributed by atoms with Gasteiger partial charge < -0.3 is 22.1 Å². The third-order valence-corrected chi connectivity index (χ3v) is 2.10. The van der Waals surface area contributed by atoms with Gasteiger partial charge in [0.2, 0.25) is 0 Å². The van der Waals surface area contributed by atoms with E-state index >= 15 is 0 Å². The van der Waals surface area contributed by atoms with E-state index in [1.807, 2.05) is 0 Å². The molecule has 0 spiro atoms. The first-order chi connectivity index (χ1) is 7.68. The Labute approximate surface area is 96.1 Å². The second-order valence-electron chi connectivity index (χ2n) is 3.57. The number of nitrogens with two attached hydrogens (primary N) is 2. The summed E-state index contributed by atoms with van der Waals surface area (Å²) in [5.41, 5.74) is 10.1. The minimum absolute atomic E-state index is 0.505. The van der Waals surface area contributed by atoms with Crippen LogP contribution >= 0.6 is 0 Å². The van der Waals surface area contributed by atoms with E-state index in [4.69, 9.17) is 11.5 Å². The number of rotatable bonds is 9. The molecule has 0 bridgehead atoms. The lowest BCUT2D eigenvalue weighted by Crippen LogP contribution is -2.36. The van der Waals surface area contributed by atoms with Gasteiger partial charge in [-0.1, -0.05) is 6.42 Å². The summed E-state index contributed by atoms with van der Waals surface area (Å²) in [5.74, 6) is -1.63. The molecule has 0 fully saturated rings. The Kier molecular flexibility index (Phi) is 9.64. The third-order valence-electron chi connectivity index (χ3n) is 2.10. The molecule has 0 atom stereocenters. The van der Waals surface area contributed by atoms with Gasteiger partial charge in [-0.2, -0.15) is 0 Å². The predicted octanol–water partition coefficient (Wildman–Crippen LogP) is -1.30. The van der Waals surface area contributed by atoms with Crippen molar-refractivity contribution in [3.05, 3.63) is 0 Å². The van der Waals surface area contributed by atoms with Crippen LogP contribution in [0.15, 0.2) is 0 Å². The van der Waals surface area contributed by atoms with Gasteiger partial charge in [-0.05, 0) is 38.9 Å². The molecule has 0 aliphatic carbocycles. The van der Waals surface area contributed by atoms with E-state index in [9.17, 15) is 9.59 Å². The maximum Gasteiger partial charge on any atom is 0.309 e. The monoisotopic (exact) mass is 230 g/mol. The summed E-state index contributed by atoms with van der Waals surface area (Å²) in [6.07, 6.45) is 3.91. The van der Waals surface area contributed by atoms with Gasteiger partial charge in [0.05, 0.1) is 0 Å². The van der Waals surface area contributed by atoms with Crippen molar-refractivity contribution < 1.29 is 9.59 Å². The lowest BCUT2D eigenvalue weighted by atomic mass is 10.2. The van der Waals surface area contributed by atoms with Crippen LogP contribution in [0.4, 0.5) is 0 Å². The number of carbonyl (C=O) groups excluding carboxylic acids is 2. The minimum Gasteiger partial charge on any atom is -0.361 e. The molecule has 0 aliphatic heterocycles. The zero-order valence-electron chi connectivity index (χ0n) is 9.63. The van der Waals surface area contributed by atoms with Crippen LogP contribution in [-0.2, 0) is 9.59 Å². The van der Waals surface area contributed by atoms with Crippen LogP contribution in [0.1, 0.15) is 25.7 Å². The SMILES string of the molecule is NCCCNCCCCCNC(=O)C(N)=O. The van der Waals surface area contributed by atoms with Gasteiger partial charge in [-0.15, -0.1) is 0 Å². The van der Waals surface area contributed by atoms with Crippen LogP contribution in [0, 0.1) is 0 Å². The van der Waals surface area contributed by atoms with Gasteiger partial charge in [0.15, 0.2) is 0 Å². The Balaban J connectivity index is 3.10. The van der Waals surface area contributed by atoms with Crippen molar-refractivity contribution in [2.75, 3.05) is 26.2 Å². The first-order valence-electron chi connectivity index (χ1n) is 5.67. The zero-order valence-corrected chi connectivity index (χ0v) is 9.63. The summed E-state index contributed by atoms with van der Waals surface area (Å²) in [7, 11) is 0. The Morgan fingerprint density at radius 3 is 2.19 bits per heavy atom. The van der Waals surface area contributed by atoms with Gasteiger partial charge >= 0.3 is 11.8 Å². The van der Waals surface area contributed by atoms with E-state index in [1.54, 1.807) is 0 Å². The molecular weight excluding hydrogens is 208 g/mol. The molecule has 0 aliphatic rings. The molecule has 6 N–H and O–H groups in total. The Morgan fingerprint density at radius 2 is 1.56 bits per heavy atom. The van der Waals surface area contributed by atoms with Crippen LogP contribution in [0.5, 0.6) is 0 Å². The number of amides is 2. The molecule has 0 unspecified atom stereocenters. The summed E-state index contributed by atoms with van der Waals surface area (Å²) in [6.45, 7) is 3.13. The number of carbonyl (C=O) groups is 2. The van der Waals surface area contributed by atoms with Gasteiger partial charge in [-0.25, -0.2) is 0 Å². The van der Waals surface area contributed by atoms with Gasteiger partial charge in [0, 0.05) is 6.54 Å². The maximum absolute atomic E-state index is 10.7. The van der Waals surface area contributed by atoms with Gasteiger partial charge in [-0.3, -0.25) is 9.59 Å². The average molecular weight is 230 g/mol. The van der Waals surface area contributed by atoms with Gasteiger partial charge in [0.1, 0.15) is 0 Å². The molecule has 2 amide bonds. The van der Waals surface area contributed by atoms with Crippen LogP contribution in [0.25, 0.3) is 0 Å². The molecule has 0 aromatic heterocycles. The van der Waals surface area contributed by atoms with Crippen molar-refractivity contribution in [3.8, 4) is 0 Å². The number of primary amides is 1. The fourth-order valence-electron chi connectivity index (χ4n) is 1.19. The van der Waals surface area contributed by atoms with E-state index in [1.165, 1.54) is 0 Å². The molecule has 0 aromatic rings. The first-order valence-corrected chi connectivity index (χ1v) is 5.67. The molecular formula is C10H22N4O2. The molecule has 0 heterocycles. The maximum atomic E-state index is 10.7. The van der Waals surface area contributed by atoms with Crippen LogP contribution in [-0.4, -0.2) is 38.0 Å². The highest BCUT2D eigenvalue weighted by molar-refractivity contribution is 6.34. The normalized spacial score (nSPS) is 10.1. The highest BCUT2D eigenvalue weighted by atomic mass is 16.2. The quantitative estimate of drug-likeness (QED) is 0.291. The Morgan fingerprint density at radius 1 is 0.938 bits per heavy atom. The third kappa shape index (κ3) is 9.42.